The van der Waals surface area contributed by atoms with E-state index in [0.29, 0.717) is 25.3 Å². The highest BCUT2D eigenvalue weighted by atomic mass is 32.2. The van der Waals surface area contributed by atoms with Crippen molar-refractivity contribution in [2.75, 3.05) is 18.8 Å². The summed E-state index contributed by atoms with van der Waals surface area (Å²) in [5, 5.41) is 5.68. The predicted octanol–water partition coefficient (Wildman–Crippen LogP) is 5.36. The summed E-state index contributed by atoms with van der Waals surface area (Å²) in [5.41, 5.74) is 2.92. The molecular formula is C31H33N3O4S2. The Labute approximate surface area is 240 Å². The van der Waals surface area contributed by atoms with Crippen LogP contribution in [0.1, 0.15) is 29.5 Å². The lowest BCUT2D eigenvalue weighted by Gasteiger charge is -2.26. The number of benzene rings is 3. The molecule has 0 radical (unpaired) electrons. The van der Waals surface area contributed by atoms with Gasteiger partial charge in [0, 0.05) is 12.3 Å². The molecule has 40 heavy (non-hydrogen) atoms. The monoisotopic (exact) mass is 575 g/mol. The molecule has 2 heterocycles. The first kappa shape index (κ1) is 28.2. The minimum absolute atomic E-state index is 0.185. The molecule has 0 saturated carbocycles. The lowest BCUT2D eigenvalue weighted by Crippen LogP contribution is -2.46. The van der Waals surface area contributed by atoms with E-state index in [2.05, 4.69) is 10.6 Å². The second kappa shape index (κ2) is 12.9. The lowest BCUT2D eigenvalue weighted by atomic mass is 10.0. The zero-order chi connectivity index (χ0) is 28.0. The Bertz CT molecular complexity index is 1510. The van der Waals surface area contributed by atoms with Gasteiger partial charge in [-0.2, -0.15) is 4.31 Å². The van der Waals surface area contributed by atoms with Gasteiger partial charge < -0.3 is 15.1 Å². The van der Waals surface area contributed by atoms with E-state index < -0.39 is 15.4 Å². The van der Waals surface area contributed by atoms with Crippen molar-refractivity contribution in [3.05, 3.63) is 114 Å². The van der Waals surface area contributed by atoms with Gasteiger partial charge in [-0.1, -0.05) is 72.8 Å². The third kappa shape index (κ3) is 6.67. The van der Waals surface area contributed by atoms with E-state index in [-0.39, 0.29) is 23.4 Å². The summed E-state index contributed by atoms with van der Waals surface area (Å²) in [4.78, 5) is 13.7. The third-order valence-electron chi connectivity index (χ3n) is 6.86. The van der Waals surface area contributed by atoms with Crippen molar-refractivity contribution in [1.29, 1.82) is 0 Å². The number of sulfonamides is 1. The molecule has 0 aliphatic carbocycles. The molecule has 7 nitrogen and oxygen atoms in total. The van der Waals surface area contributed by atoms with Crippen LogP contribution in [-0.4, -0.2) is 42.8 Å². The summed E-state index contributed by atoms with van der Waals surface area (Å²) >= 11 is 1.35. The van der Waals surface area contributed by atoms with E-state index in [4.69, 9.17) is 4.42 Å². The number of nitrogens with zero attached hydrogens (tertiary/aromatic N) is 1. The van der Waals surface area contributed by atoms with Crippen molar-refractivity contribution >= 4 is 27.7 Å². The Morgan fingerprint density at radius 2 is 1.62 bits per heavy atom. The van der Waals surface area contributed by atoms with Crippen molar-refractivity contribution in [3.63, 3.8) is 0 Å². The van der Waals surface area contributed by atoms with Crippen molar-refractivity contribution in [2.24, 2.45) is 0 Å². The van der Waals surface area contributed by atoms with Gasteiger partial charge in [-0.25, -0.2) is 8.42 Å². The topological polar surface area (TPSA) is 91.6 Å². The predicted molar refractivity (Wildman–Crippen MR) is 159 cm³/mol. The Kier molecular flexibility index (Phi) is 9.06. The number of nitrogens with one attached hydrogen (secondary N) is 2. The van der Waals surface area contributed by atoms with Gasteiger partial charge in [-0.3, -0.25) is 4.79 Å². The Morgan fingerprint density at radius 1 is 0.950 bits per heavy atom. The van der Waals surface area contributed by atoms with Gasteiger partial charge >= 0.3 is 0 Å². The van der Waals surface area contributed by atoms with Crippen LogP contribution < -0.4 is 10.6 Å². The summed E-state index contributed by atoms with van der Waals surface area (Å²) in [7, 11) is -3.85. The number of hydrogen-bond acceptors (Lipinski definition) is 6. The first-order valence-corrected chi connectivity index (χ1v) is 15.8. The molecule has 2 unspecified atom stereocenters. The van der Waals surface area contributed by atoms with Crippen LogP contribution in [0.15, 0.2) is 106 Å². The van der Waals surface area contributed by atoms with Gasteiger partial charge in [0.05, 0.1) is 17.5 Å². The quantitative estimate of drug-likeness (QED) is 0.234. The number of furan rings is 1. The summed E-state index contributed by atoms with van der Waals surface area (Å²) in [5.74, 6) is 1.98. The standard InChI is InChI=1S/C31H33N3O4S2/c1-23-12-15-27(38-23)22-32-19-18-29(26-10-6-3-7-11-26)33-30(35)31-34(20-21-39-31)40(36,37)28-16-13-25(14-17-28)24-8-4-2-5-9-24/h2-17,29,31-32H,18-22H2,1H3,(H,33,35). The Hall–Kier alpha value is -3.37. The highest BCUT2D eigenvalue weighted by Crippen LogP contribution is 2.32. The number of hydrogen-bond donors (Lipinski definition) is 2. The molecule has 0 spiro atoms. The number of rotatable bonds is 11. The minimum Gasteiger partial charge on any atom is -0.465 e. The van der Waals surface area contributed by atoms with Crippen LogP contribution in [0.5, 0.6) is 0 Å². The maximum absolute atomic E-state index is 13.6. The van der Waals surface area contributed by atoms with Crippen LogP contribution in [0.3, 0.4) is 0 Å². The zero-order valence-corrected chi connectivity index (χ0v) is 24.0. The van der Waals surface area contributed by atoms with Crippen molar-refractivity contribution in [3.8, 4) is 11.1 Å². The minimum atomic E-state index is -3.85. The van der Waals surface area contributed by atoms with Crippen LogP contribution in [-0.2, 0) is 21.4 Å². The third-order valence-corrected chi connectivity index (χ3v) is 10.1. The molecule has 1 fully saturated rings. The maximum Gasteiger partial charge on any atom is 0.249 e. The average Bonchev–Trinajstić information content (AvgIpc) is 3.65. The number of carbonyl (C=O) groups excluding carboxylic acids is 1. The second-order valence-corrected chi connectivity index (χ2v) is 12.8. The molecule has 1 saturated heterocycles. The van der Waals surface area contributed by atoms with E-state index in [9.17, 15) is 13.2 Å². The van der Waals surface area contributed by atoms with Gasteiger partial charge in [0.2, 0.25) is 15.9 Å². The number of aryl methyl sites for hydroxylation is 1. The second-order valence-electron chi connectivity index (χ2n) is 9.68. The van der Waals surface area contributed by atoms with E-state index in [1.165, 1.54) is 16.1 Å². The molecule has 9 heteroatoms. The first-order valence-electron chi connectivity index (χ1n) is 13.3. The highest BCUT2D eigenvalue weighted by molar-refractivity contribution is 8.02. The average molecular weight is 576 g/mol. The van der Waals surface area contributed by atoms with Crippen LogP contribution in [0, 0.1) is 6.92 Å². The van der Waals surface area contributed by atoms with Gasteiger partial charge in [-0.15, -0.1) is 11.8 Å². The smallest absolute Gasteiger partial charge is 0.249 e. The van der Waals surface area contributed by atoms with E-state index in [1.54, 1.807) is 12.1 Å². The summed E-state index contributed by atoms with van der Waals surface area (Å²) in [6.45, 7) is 3.43. The number of thioether (sulfide) groups is 1. The van der Waals surface area contributed by atoms with Gasteiger partial charge in [0.15, 0.2) is 0 Å². The molecule has 2 N–H and O–H groups in total. The van der Waals surface area contributed by atoms with E-state index >= 15 is 0 Å². The van der Waals surface area contributed by atoms with Gasteiger partial charge in [0.25, 0.3) is 0 Å². The van der Waals surface area contributed by atoms with Crippen molar-refractivity contribution in [1.82, 2.24) is 14.9 Å². The molecular weight excluding hydrogens is 542 g/mol. The fraction of sp³-hybridized carbons (Fsp3) is 0.258. The molecule has 4 aromatic rings. The fourth-order valence-corrected chi connectivity index (χ4v) is 7.87. The van der Waals surface area contributed by atoms with Crippen LogP contribution in [0.25, 0.3) is 11.1 Å². The SMILES string of the molecule is Cc1ccc(CNCCC(NC(=O)C2SCCN2S(=O)(=O)c2ccc(-c3ccccc3)cc2)c2ccccc2)o1. The lowest BCUT2D eigenvalue weighted by molar-refractivity contribution is -0.122. The van der Waals surface area contributed by atoms with Gasteiger partial charge in [-0.05, 0) is 60.8 Å². The van der Waals surface area contributed by atoms with Gasteiger partial charge in [0.1, 0.15) is 16.9 Å². The summed E-state index contributed by atoms with van der Waals surface area (Å²) in [6, 6.07) is 30.0. The Balaban J connectivity index is 1.26. The molecule has 2 atom stereocenters. The molecule has 1 aliphatic rings. The Morgan fingerprint density at radius 3 is 2.30 bits per heavy atom. The normalized spacial score (nSPS) is 16.6. The zero-order valence-electron chi connectivity index (χ0n) is 22.3. The molecule has 208 valence electrons. The summed E-state index contributed by atoms with van der Waals surface area (Å²) in [6.07, 6.45) is 0.639. The van der Waals surface area contributed by atoms with Crippen LogP contribution in [0.4, 0.5) is 0 Å². The highest BCUT2D eigenvalue weighted by Gasteiger charge is 2.40. The largest absolute Gasteiger partial charge is 0.465 e. The molecule has 0 bridgehead atoms. The number of amides is 1. The van der Waals surface area contributed by atoms with Crippen LogP contribution >= 0.6 is 11.8 Å². The van der Waals surface area contributed by atoms with Crippen molar-refractivity contribution in [2.45, 2.75) is 36.2 Å². The van der Waals surface area contributed by atoms with Crippen molar-refractivity contribution < 1.29 is 17.6 Å². The molecule has 1 amide bonds. The van der Waals surface area contributed by atoms with E-state index in [1.807, 2.05) is 91.9 Å². The maximum atomic E-state index is 13.6. The number of carbonyl (C=O) groups is 1. The molecule has 1 aliphatic heterocycles. The summed E-state index contributed by atoms with van der Waals surface area (Å²) < 4.78 is 34.2. The first-order chi connectivity index (χ1) is 19.4. The van der Waals surface area contributed by atoms with Crippen LogP contribution in [0.2, 0.25) is 0 Å². The fourth-order valence-electron chi connectivity index (χ4n) is 4.78. The molecule has 3 aromatic carbocycles. The molecule has 1 aromatic heterocycles. The van der Waals surface area contributed by atoms with E-state index in [0.717, 1.165) is 28.2 Å². The molecule has 5 rings (SSSR count).